The van der Waals surface area contributed by atoms with E-state index in [9.17, 15) is 18.4 Å². The van der Waals surface area contributed by atoms with Crippen LogP contribution in [0.5, 0.6) is 0 Å². The second-order valence-corrected chi connectivity index (χ2v) is 8.14. The molecular weight excluding hydrogens is 410 g/mol. The van der Waals surface area contributed by atoms with Gasteiger partial charge in [-0.15, -0.1) is 11.3 Å². The van der Waals surface area contributed by atoms with Crippen molar-refractivity contribution in [3.63, 3.8) is 0 Å². The Labute approximate surface area is 173 Å². The van der Waals surface area contributed by atoms with E-state index < -0.39 is 23.2 Å². The van der Waals surface area contributed by atoms with Gasteiger partial charge in [-0.05, 0) is 35.7 Å². The van der Waals surface area contributed by atoms with Crippen LogP contribution in [-0.2, 0) is 6.54 Å². The van der Waals surface area contributed by atoms with Crippen LogP contribution in [-0.4, -0.2) is 34.4 Å². The first-order valence-corrected chi connectivity index (χ1v) is 10.2. The number of pyridine rings is 1. The summed E-state index contributed by atoms with van der Waals surface area (Å²) in [6.45, 7) is 0.781. The monoisotopic (exact) mass is 426 g/mol. The maximum Gasteiger partial charge on any atom is 0.256 e. The lowest BCUT2D eigenvalue weighted by Gasteiger charge is -2.34. The molecule has 0 fully saturated rings. The van der Waals surface area contributed by atoms with Gasteiger partial charge < -0.3 is 15.2 Å². The Bertz CT molecular complexity index is 1380. The number of carbonyl (C=O) groups excluding carboxylic acids is 1. The highest BCUT2D eigenvalue weighted by Crippen LogP contribution is 2.33. The minimum absolute atomic E-state index is 0.0616. The summed E-state index contributed by atoms with van der Waals surface area (Å²) in [5.41, 5.74) is 3.75. The summed E-state index contributed by atoms with van der Waals surface area (Å²) >= 11 is 1.45. The van der Waals surface area contributed by atoms with Crippen molar-refractivity contribution in [1.29, 1.82) is 0 Å². The molecule has 4 aromatic rings. The van der Waals surface area contributed by atoms with Gasteiger partial charge in [-0.1, -0.05) is 0 Å². The smallest absolute Gasteiger partial charge is 0.256 e. The summed E-state index contributed by atoms with van der Waals surface area (Å²) in [7, 11) is 1.66. The lowest BCUT2D eigenvalue weighted by atomic mass is 9.93. The number of fused-ring (bicyclic) bond motifs is 4. The summed E-state index contributed by atoms with van der Waals surface area (Å²) in [4.78, 5) is 34.1. The van der Waals surface area contributed by atoms with Crippen molar-refractivity contribution in [2.24, 2.45) is 0 Å². The van der Waals surface area contributed by atoms with Gasteiger partial charge in [0, 0.05) is 37.0 Å². The Morgan fingerprint density at radius 1 is 1.20 bits per heavy atom. The van der Waals surface area contributed by atoms with E-state index in [4.69, 9.17) is 0 Å². The fraction of sp³-hybridized carbons (Fsp3) is 0.190. The molecule has 0 saturated heterocycles. The first-order chi connectivity index (χ1) is 14.4. The van der Waals surface area contributed by atoms with Crippen molar-refractivity contribution in [2.45, 2.75) is 12.6 Å². The fourth-order valence-electron chi connectivity index (χ4n) is 4.01. The average molecular weight is 426 g/mol. The number of carbonyl (C=O) groups is 1. The number of nitrogens with zero attached hydrogens (tertiary/aromatic N) is 2. The van der Waals surface area contributed by atoms with Crippen molar-refractivity contribution in [3.05, 3.63) is 74.7 Å². The van der Waals surface area contributed by atoms with E-state index in [1.807, 2.05) is 0 Å². The van der Waals surface area contributed by atoms with E-state index >= 15 is 0 Å². The van der Waals surface area contributed by atoms with Crippen LogP contribution in [0.2, 0.25) is 0 Å². The molecule has 1 aliphatic heterocycles. The molecule has 2 aromatic carbocycles. The molecule has 0 radical (unpaired) electrons. The van der Waals surface area contributed by atoms with Gasteiger partial charge in [0.1, 0.15) is 0 Å². The molecule has 0 unspecified atom stereocenters. The number of benzene rings is 2. The van der Waals surface area contributed by atoms with Crippen LogP contribution in [0, 0.1) is 11.6 Å². The number of halogens is 2. The van der Waals surface area contributed by atoms with Gasteiger partial charge in [0.05, 0.1) is 27.2 Å². The number of amides is 1. The lowest BCUT2D eigenvalue weighted by Crippen LogP contribution is -2.42. The molecule has 0 aliphatic carbocycles. The minimum Gasteiger partial charge on any atom is -0.333 e. The first kappa shape index (κ1) is 18.8. The van der Waals surface area contributed by atoms with E-state index in [-0.39, 0.29) is 11.3 Å². The van der Waals surface area contributed by atoms with Crippen LogP contribution in [0.3, 0.4) is 0 Å². The topological polar surface area (TPSA) is 78.1 Å². The van der Waals surface area contributed by atoms with Crippen molar-refractivity contribution in [1.82, 2.24) is 20.2 Å². The summed E-state index contributed by atoms with van der Waals surface area (Å²) in [6, 6.07) is 6.79. The summed E-state index contributed by atoms with van der Waals surface area (Å²) in [5, 5.41) is 3.56. The van der Waals surface area contributed by atoms with Crippen LogP contribution in [0.25, 0.3) is 21.0 Å². The van der Waals surface area contributed by atoms with Crippen LogP contribution < -0.4 is 10.9 Å². The molecular formula is C21H16F2N4O2S. The molecule has 0 saturated carbocycles. The zero-order valence-electron chi connectivity index (χ0n) is 15.8. The first-order valence-electron chi connectivity index (χ1n) is 9.29. The third-order valence-corrected chi connectivity index (χ3v) is 6.32. The normalized spacial score (nSPS) is 16.0. The standard InChI is InChI=1S/C21H16F2N4O2S/c1-27(21(29)10-2-3-15-18(4-10)30-9-25-15)17-8-24-7-16-19(17)11-5-13(22)14(23)6-12(11)20(28)26-16/h2-6,9,17,24H,7-8H2,1H3,(H,26,28)/t17-/m0/s1. The maximum atomic E-state index is 14.0. The van der Waals surface area contributed by atoms with Gasteiger partial charge in [-0.25, -0.2) is 13.8 Å². The molecule has 6 nitrogen and oxygen atoms in total. The highest BCUT2D eigenvalue weighted by molar-refractivity contribution is 7.16. The SMILES string of the molecule is CN(C(=O)c1ccc2ncsc2c1)[C@H]1CNCc2[nH]c(=O)c3cc(F)c(F)cc3c21. The number of rotatable bonds is 2. The van der Waals surface area contributed by atoms with Crippen molar-refractivity contribution in [3.8, 4) is 0 Å². The Balaban J connectivity index is 1.62. The molecule has 0 bridgehead atoms. The third kappa shape index (κ3) is 2.89. The number of hydrogen-bond donors (Lipinski definition) is 2. The molecule has 1 amide bonds. The van der Waals surface area contributed by atoms with Crippen molar-refractivity contribution >= 4 is 38.2 Å². The predicted octanol–water partition coefficient (Wildman–Crippen LogP) is 3.33. The number of thiazole rings is 1. The molecule has 2 aromatic heterocycles. The zero-order valence-corrected chi connectivity index (χ0v) is 16.6. The Morgan fingerprint density at radius 2 is 1.97 bits per heavy atom. The van der Waals surface area contributed by atoms with E-state index in [0.717, 1.165) is 22.3 Å². The zero-order chi connectivity index (χ0) is 21.0. The number of hydrogen-bond acceptors (Lipinski definition) is 5. The second-order valence-electron chi connectivity index (χ2n) is 7.26. The highest BCUT2D eigenvalue weighted by Gasteiger charge is 2.30. The maximum absolute atomic E-state index is 14.0. The Hall–Kier alpha value is -3.17. The lowest BCUT2D eigenvalue weighted by molar-refractivity contribution is 0.0723. The van der Waals surface area contributed by atoms with Gasteiger partial charge in [0.25, 0.3) is 11.5 Å². The van der Waals surface area contributed by atoms with E-state index in [0.29, 0.717) is 35.3 Å². The van der Waals surface area contributed by atoms with Gasteiger partial charge in [-0.2, -0.15) is 0 Å². The van der Waals surface area contributed by atoms with Crippen molar-refractivity contribution in [2.75, 3.05) is 13.6 Å². The van der Waals surface area contributed by atoms with E-state index in [2.05, 4.69) is 15.3 Å². The number of nitrogens with one attached hydrogen (secondary N) is 2. The van der Waals surface area contributed by atoms with Gasteiger partial charge in [0.15, 0.2) is 11.6 Å². The quantitative estimate of drug-likeness (QED) is 0.516. The molecule has 2 N–H and O–H groups in total. The third-order valence-electron chi connectivity index (χ3n) is 5.52. The molecule has 5 rings (SSSR count). The minimum atomic E-state index is -1.08. The number of likely N-dealkylation sites (N-methyl/N-ethyl adjacent to an activating group) is 1. The number of aromatic nitrogens is 2. The number of aromatic amines is 1. The summed E-state index contributed by atoms with van der Waals surface area (Å²) < 4.78 is 28.7. The van der Waals surface area contributed by atoms with Crippen LogP contribution >= 0.6 is 11.3 Å². The molecule has 30 heavy (non-hydrogen) atoms. The predicted molar refractivity (Wildman–Crippen MR) is 111 cm³/mol. The van der Waals surface area contributed by atoms with Crippen LogP contribution in [0.15, 0.2) is 40.6 Å². The van der Waals surface area contributed by atoms with Crippen molar-refractivity contribution < 1.29 is 13.6 Å². The fourth-order valence-corrected chi connectivity index (χ4v) is 4.73. The van der Waals surface area contributed by atoms with E-state index in [1.165, 1.54) is 11.3 Å². The summed E-state index contributed by atoms with van der Waals surface area (Å²) in [5.74, 6) is -2.33. The number of H-pyrrole nitrogens is 1. The molecule has 1 aliphatic rings. The van der Waals surface area contributed by atoms with Gasteiger partial charge in [-0.3, -0.25) is 9.59 Å². The Morgan fingerprint density at radius 3 is 2.77 bits per heavy atom. The average Bonchev–Trinajstić information content (AvgIpc) is 3.21. The summed E-state index contributed by atoms with van der Waals surface area (Å²) in [6.07, 6.45) is 0. The molecule has 1 atom stereocenters. The Kier molecular flexibility index (Phi) is 4.37. The largest absolute Gasteiger partial charge is 0.333 e. The molecule has 9 heteroatoms. The molecule has 0 spiro atoms. The molecule has 3 heterocycles. The van der Waals surface area contributed by atoms with Crippen LogP contribution in [0.4, 0.5) is 8.78 Å². The van der Waals surface area contributed by atoms with Gasteiger partial charge >= 0.3 is 0 Å². The molecule has 152 valence electrons. The highest BCUT2D eigenvalue weighted by atomic mass is 32.1. The second kappa shape index (κ2) is 6.96. The van der Waals surface area contributed by atoms with Gasteiger partial charge in [0.2, 0.25) is 0 Å². The van der Waals surface area contributed by atoms with E-state index in [1.54, 1.807) is 35.7 Å². The van der Waals surface area contributed by atoms with Crippen LogP contribution in [0.1, 0.15) is 27.7 Å².